The normalized spacial score (nSPS) is 12.6. The number of carboxylic acid groups (broad SMARTS) is 1. The van der Waals surface area contributed by atoms with Gasteiger partial charge >= 0.3 is 0 Å². The van der Waals surface area contributed by atoms with Gasteiger partial charge in [0.2, 0.25) is 6.04 Å². The molecule has 0 bridgehead atoms. The second kappa shape index (κ2) is 2.25. The zero-order valence-corrected chi connectivity index (χ0v) is 4.16. The smallest absolute Gasteiger partial charge is 0.249 e. The number of aliphatic carboxylic acids is 1. The van der Waals surface area contributed by atoms with Crippen LogP contribution in [0.4, 0.5) is 0 Å². The first kappa shape index (κ1) is 6.87. The molecule has 0 radical (unpaired) electrons. The number of rotatable bonds is 2. The molecule has 0 saturated heterocycles. The van der Waals surface area contributed by atoms with Crippen LogP contribution in [-0.4, -0.2) is 16.9 Å². The molecule has 0 fully saturated rings. The van der Waals surface area contributed by atoms with Crippen molar-refractivity contribution in [1.29, 1.82) is 0 Å². The van der Waals surface area contributed by atoms with Gasteiger partial charge in [-0.1, -0.05) is 0 Å². The number of carbonyl (C=O) groups is 1. The third-order valence-corrected chi connectivity index (χ3v) is 0.657. The van der Waals surface area contributed by atoms with Gasteiger partial charge in [0.25, 0.3) is 0 Å². The first-order valence-corrected chi connectivity index (χ1v) is 1.90. The van der Waals surface area contributed by atoms with Crippen molar-refractivity contribution in [3.8, 4) is 0 Å². The first-order chi connectivity index (χ1) is 3.55. The third kappa shape index (κ3) is 1.55. The second-order valence-electron chi connectivity index (χ2n) is 1.28. The summed E-state index contributed by atoms with van der Waals surface area (Å²) in [6.45, 7) is 0.954. The lowest BCUT2D eigenvalue weighted by Gasteiger charge is -2.01. The number of carbonyl (C=O) groups excluding carboxylic acids is 1. The minimum Gasteiger partial charge on any atom is -0.543 e. The molecule has 0 spiro atoms. The summed E-state index contributed by atoms with van der Waals surface area (Å²) in [7, 11) is 0. The maximum Gasteiger partial charge on any atom is 0.249 e. The van der Waals surface area contributed by atoms with Crippen molar-refractivity contribution in [1.82, 2.24) is 0 Å². The van der Waals surface area contributed by atoms with Gasteiger partial charge in [-0.15, -0.1) is 0 Å². The lowest BCUT2D eigenvalue weighted by molar-refractivity contribution is -0.519. The Morgan fingerprint density at radius 2 is 2.12 bits per heavy atom. The zero-order chi connectivity index (χ0) is 6.73. The SMILES string of the molecule is CC(C(=O)[O-])[N+](=O)[O-]. The van der Waals surface area contributed by atoms with Gasteiger partial charge in [0.05, 0.1) is 0 Å². The van der Waals surface area contributed by atoms with Crippen molar-refractivity contribution in [2.45, 2.75) is 13.0 Å². The van der Waals surface area contributed by atoms with Crippen molar-refractivity contribution in [2.75, 3.05) is 0 Å². The molecule has 0 rings (SSSR count). The monoisotopic (exact) mass is 118 g/mol. The molecule has 46 valence electrons. The van der Waals surface area contributed by atoms with Crippen LogP contribution >= 0.6 is 0 Å². The first-order valence-electron chi connectivity index (χ1n) is 1.90. The van der Waals surface area contributed by atoms with Crippen LogP contribution in [0.15, 0.2) is 0 Å². The van der Waals surface area contributed by atoms with Gasteiger partial charge in [0, 0.05) is 11.8 Å². The Balaban J connectivity index is 3.83. The summed E-state index contributed by atoms with van der Waals surface area (Å²) < 4.78 is 0. The Hall–Kier alpha value is -1.13. The van der Waals surface area contributed by atoms with Gasteiger partial charge in [0.15, 0.2) is 0 Å². The van der Waals surface area contributed by atoms with Gasteiger partial charge in [-0.2, -0.15) is 0 Å². The van der Waals surface area contributed by atoms with E-state index in [2.05, 4.69) is 0 Å². The average molecular weight is 118 g/mol. The van der Waals surface area contributed by atoms with Gasteiger partial charge in [0.1, 0.15) is 5.97 Å². The Labute approximate surface area is 45.1 Å². The van der Waals surface area contributed by atoms with E-state index in [0.717, 1.165) is 6.92 Å². The van der Waals surface area contributed by atoms with Crippen LogP contribution in [0.2, 0.25) is 0 Å². The molecule has 5 nitrogen and oxygen atoms in total. The van der Waals surface area contributed by atoms with Gasteiger partial charge in [-0.25, -0.2) is 0 Å². The molecule has 0 aliphatic carbocycles. The van der Waals surface area contributed by atoms with E-state index in [9.17, 15) is 20.0 Å². The number of nitrogens with zero attached hydrogens (tertiary/aromatic N) is 1. The molecule has 0 N–H and O–H groups in total. The topological polar surface area (TPSA) is 83.3 Å². The summed E-state index contributed by atoms with van der Waals surface area (Å²) in [5.41, 5.74) is 0. The summed E-state index contributed by atoms with van der Waals surface area (Å²) in [6.07, 6.45) is 0. The molecule has 1 atom stereocenters. The van der Waals surface area contributed by atoms with E-state index in [4.69, 9.17) is 0 Å². The zero-order valence-electron chi connectivity index (χ0n) is 4.16. The van der Waals surface area contributed by atoms with Crippen molar-refractivity contribution in [3.63, 3.8) is 0 Å². The molecular formula is C3H4NO4-. The fourth-order valence-electron chi connectivity index (χ4n) is 0.0861. The lowest BCUT2D eigenvalue weighted by Crippen LogP contribution is -2.38. The van der Waals surface area contributed by atoms with E-state index >= 15 is 0 Å². The Morgan fingerprint density at radius 3 is 2.12 bits per heavy atom. The van der Waals surface area contributed by atoms with Crippen molar-refractivity contribution in [2.24, 2.45) is 0 Å². The molecule has 0 saturated carbocycles. The second-order valence-corrected chi connectivity index (χ2v) is 1.28. The number of carboxylic acids is 1. The Morgan fingerprint density at radius 1 is 1.75 bits per heavy atom. The maximum absolute atomic E-state index is 9.59. The van der Waals surface area contributed by atoms with Gasteiger partial charge in [-0.3, -0.25) is 10.1 Å². The fraction of sp³-hybridized carbons (Fsp3) is 0.667. The standard InChI is InChI=1S/C3H5NO4/c1-2(3(5)6)4(7)8/h2H,1H3,(H,5,6)/p-1. The van der Waals surface area contributed by atoms with E-state index in [-0.39, 0.29) is 0 Å². The number of hydrogen-bond acceptors (Lipinski definition) is 4. The van der Waals surface area contributed by atoms with Crippen LogP contribution in [0.5, 0.6) is 0 Å². The molecule has 0 aliphatic rings. The molecule has 5 heteroatoms. The Kier molecular flexibility index (Phi) is 1.93. The maximum atomic E-state index is 9.59. The molecule has 0 aliphatic heterocycles. The van der Waals surface area contributed by atoms with Crippen molar-refractivity contribution >= 4 is 5.97 Å². The third-order valence-electron chi connectivity index (χ3n) is 0.657. The van der Waals surface area contributed by atoms with Crippen LogP contribution in [-0.2, 0) is 4.79 Å². The van der Waals surface area contributed by atoms with Crippen LogP contribution in [0.25, 0.3) is 0 Å². The summed E-state index contributed by atoms with van der Waals surface area (Å²) >= 11 is 0. The lowest BCUT2D eigenvalue weighted by atomic mass is 10.4. The van der Waals surface area contributed by atoms with Crippen molar-refractivity contribution in [3.05, 3.63) is 10.1 Å². The largest absolute Gasteiger partial charge is 0.543 e. The van der Waals surface area contributed by atoms with Gasteiger partial charge < -0.3 is 9.90 Å². The highest BCUT2D eigenvalue weighted by atomic mass is 16.6. The van der Waals surface area contributed by atoms with Crippen LogP contribution in [0, 0.1) is 10.1 Å². The van der Waals surface area contributed by atoms with E-state index in [0.29, 0.717) is 0 Å². The summed E-state index contributed by atoms with van der Waals surface area (Å²) in [5, 5.41) is 19.1. The molecule has 0 aromatic carbocycles. The number of nitro groups is 1. The van der Waals surface area contributed by atoms with Crippen LogP contribution in [0.3, 0.4) is 0 Å². The molecule has 0 amide bonds. The van der Waals surface area contributed by atoms with E-state index in [1.54, 1.807) is 0 Å². The predicted octanol–water partition coefficient (Wildman–Crippen LogP) is -1.60. The van der Waals surface area contributed by atoms with Crippen LogP contribution in [0.1, 0.15) is 6.92 Å². The van der Waals surface area contributed by atoms with E-state index < -0.39 is 16.9 Å². The molecule has 1 unspecified atom stereocenters. The van der Waals surface area contributed by atoms with Gasteiger partial charge in [-0.05, 0) is 0 Å². The molecule has 8 heavy (non-hydrogen) atoms. The number of hydrogen-bond donors (Lipinski definition) is 0. The molecule has 0 aromatic heterocycles. The molecule has 0 heterocycles. The quantitative estimate of drug-likeness (QED) is 0.323. The Bertz CT molecular complexity index is 106. The summed E-state index contributed by atoms with van der Waals surface area (Å²) in [5.74, 6) is -1.66. The highest BCUT2D eigenvalue weighted by molar-refractivity contribution is 5.68. The highest BCUT2D eigenvalue weighted by Gasteiger charge is 2.11. The fourth-order valence-corrected chi connectivity index (χ4v) is 0.0861. The van der Waals surface area contributed by atoms with E-state index in [1.807, 2.05) is 0 Å². The minimum absolute atomic E-state index is 0.921. The summed E-state index contributed by atoms with van der Waals surface area (Å²) in [4.78, 5) is 18.2. The molecule has 0 aromatic rings. The minimum atomic E-state index is -1.66. The highest BCUT2D eigenvalue weighted by Crippen LogP contribution is 1.82. The van der Waals surface area contributed by atoms with Crippen molar-refractivity contribution < 1.29 is 14.8 Å². The predicted molar refractivity (Wildman–Crippen MR) is 21.5 cm³/mol. The van der Waals surface area contributed by atoms with Crippen LogP contribution < -0.4 is 5.11 Å². The average Bonchev–Trinajstić information content (AvgIpc) is 1.64. The van der Waals surface area contributed by atoms with E-state index in [1.165, 1.54) is 0 Å². The summed E-state index contributed by atoms with van der Waals surface area (Å²) in [6, 6.07) is -1.60. The molecular weight excluding hydrogens is 114 g/mol.